The van der Waals surface area contributed by atoms with Crippen molar-refractivity contribution in [3.63, 3.8) is 0 Å². The highest BCUT2D eigenvalue weighted by molar-refractivity contribution is 7.80. The van der Waals surface area contributed by atoms with Crippen molar-refractivity contribution in [3.05, 3.63) is 36.5 Å². The molecule has 0 bridgehead atoms. The average Bonchev–Trinajstić information content (AvgIpc) is 2.55. The predicted molar refractivity (Wildman–Crippen MR) is 90.4 cm³/mol. The van der Waals surface area contributed by atoms with Crippen molar-refractivity contribution in [1.82, 2.24) is 15.3 Å². The molecule has 2 rings (SSSR count). The zero-order valence-electron chi connectivity index (χ0n) is 12.7. The number of aromatic nitrogens is 2. The van der Waals surface area contributed by atoms with Crippen LogP contribution in [0.15, 0.2) is 36.5 Å². The molecule has 8 heteroatoms. The minimum Gasteiger partial charge on any atom is -0.497 e. The molecule has 0 aliphatic heterocycles. The lowest BCUT2D eigenvalue weighted by Gasteiger charge is -2.09. The van der Waals surface area contributed by atoms with Crippen LogP contribution in [0.5, 0.6) is 5.75 Å². The second-order valence-electron chi connectivity index (χ2n) is 4.29. The van der Waals surface area contributed by atoms with E-state index in [-0.39, 0.29) is 11.7 Å². The Hall–Kier alpha value is -2.74. The fourth-order valence-electron chi connectivity index (χ4n) is 1.71. The van der Waals surface area contributed by atoms with Crippen LogP contribution in [-0.4, -0.2) is 34.9 Å². The molecule has 23 heavy (non-hydrogen) atoms. The summed E-state index contributed by atoms with van der Waals surface area (Å²) in [5, 5.41) is 5.29. The van der Waals surface area contributed by atoms with E-state index in [4.69, 9.17) is 21.7 Å². The number of rotatable bonds is 4. The number of carbonyl (C=O) groups is 1. The number of nitrogens with zero attached hydrogens (tertiary/aromatic N) is 2. The summed E-state index contributed by atoms with van der Waals surface area (Å²) in [6.07, 6.45) is 0.983. The third-order valence-electron chi connectivity index (χ3n) is 2.74. The standard InChI is InChI=1S/C15H16N4O3S/c1-3-22-15(20)19-14(23)18-12-8-9-16-13(17-12)10-4-6-11(21-2)7-5-10/h4-9H,3H2,1-2H3,(H2,16,17,18,19,20,23). The largest absolute Gasteiger partial charge is 0.497 e. The molecule has 2 aromatic rings. The van der Waals surface area contributed by atoms with Gasteiger partial charge in [-0.05, 0) is 49.5 Å². The number of benzene rings is 1. The zero-order valence-corrected chi connectivity index (χ0v) is 13.5. The Kier molecular flexibility index (Phi) is 5.81. The molecule has 0 saturated heterocycles. The Morgan fingerprint density at radius 2 is 2.00 bits per heavy atom. The van der Waals surface area contributed by atoms with Gasteiger partial charge in [0.15, 0.2) is 10.9 Å². The number of hydrogen-bond acceptors (Lipinski definition) is 6. The van der Waals surface area contributed by atoms with Crippen molar-refractivity contribution in [2.75, 3.05) is 19.0 Å². The van der Waals surface area contributed by atoms with E-state index in [0.29, 0.717) is 11.6 Å². The van der Waals surface area contributed by atoms with Crippen LogP contribution in [0.1, 0.15) is 6.92 Å². The molecule has 0 unspecified atom stereocenters. The van der Waals surface area contributed by atoms with Crippen molar-refractivity contribution in [1.29, 1.82) is 0 Å². The number of methoxy groups -OCH3 is 1. The van der Waals surface area contributed by atoms with Gasteiger partial charge in [0.25, 0.3) is 0 Å². The molecule has 0 atom stereocenters. The van der Waals surface area contributed by atoms with Gasteiger partial charge in [0.1, 0.15) is 11.6 Å². The van der Waals surface area contributed by atoms with Crippen molar-refractivity contribution in [2.45, 2.75) is 6.92 Å². The van der Waals surface area contributed by atoms with Crippen molar-refractivity contribution in [3.8, 4) is 17.1 Å². The topological polar surface area (TPSA) is 85.4 Å². The number of alkyl carbamates (subject to hydrolysis) is 1. The van der Waals surface area contributed by atoms with Gasteiger partial charge >= 0.3 is 6.09 Å². The van der Waals surface area contributed by atoms with Gasteiger partial charge in [-0.3, -0.25) is 5.32 Å². The molecule has 7 nitrogen and oxygen atoms in total. The summed E-state index contributed by atoms with van der Waals surface area (Å²) in [5.74, 6) is 1.74. The average molecular weight is 332 g/mol. The fourth-order valence-corrected chi connectivity index (χ4v) is 1.90. The number of nitrogens with one attached hydrogen (secondary N) is 2. The summed E-state index contributed by atoms with van der Waals surface area (Å²) < 4.78 is 9.86. The second-order valence-corrected chi connectivity index (χ2v) is 4.70. The third kappa shape index (κ3) is 4.89. The molecule has 0 fully saturated rings. The highest BCUT2D eigenvalue weighted by atomic mass is 32.1. The number of ether oxygens (including phenoxy) is 2. The molecule has 0 radical (unpaired) electrons. The van der Waals surface area contributed by atoms with E-state index in [9.17, 15) is 4.79 Å². The fraction of sp³-hybridized carbons (Fsp3) is 0.200. The van der Waals surface area contributed by atoms with Crippen LogP contribution >= 0.6 is 12.2 Å². The van der Waals surface area contributed by atoms with Gasteiger partial charge in [-0.2, -0.15) is 0 Å². The zero-order chi connectivity index (χ0) is 16.7. The van der Waals surface area contributed by atoms with Crippen LogP contribution in [0.2, 0.25) is 0 Å². The lowest BCUT2D eigenvalue weighted by atomic mass is 10.2. The number of amides is 1. The van der Waals surface area contributed by atoms with Crippen LogP contribution in [0.3, 0.4) is 0 Å². The summed E-state index contributed by atoms with van der Waals surface area (Å²) in [6.45, 7) is 1.98. The predicted octanol–water partition coefficient (Wildman–Crippen LogP) is 2.60. The number of carbonyl (C=O) groups excluding carboxylic acids is 1. The minimum absolute atomic E-state index is 0.0998. The van der Waals surface area contributed by atoms with E-state index in [1.54, 1.807) is 26.3 Å². The van der Waals surface area contributed by atoms with Gasteiger partial charge in [0, 0.05) is 11.8 Å². The minimum atomic E-state index is -0.616. The first-order valence-electron chi connectivity index (χ1n) is 6.84. The van der Waals surface area contributed by atoms with Crippen molar-refractivity contribution < 1.29 is 14.3 Å². The van der Waals surface area contributed by atoms with Gasteiger partial charge in [0.05, 0.1) is 13.7 Å². The molecule has 1 heterocycles. The summed E-state index contributed by atoms with van der Waals surface area (Å²) in [7, 11) is 1.60. The number of thiocarbonyl (C=S) groups is 1. The second kappa shape index (κ2) is 8.04. The van der Waals surface area contributed by atoms with Crippen LogP contribution in [-0.2, 0) is 4.74 Å². The molecule has 0 saturated carbocycles. The maximum absolute atomic E-state index is 11.3. The summed E-state index contributed by atoms with van der Waals surface area (Å²) >= 11 is 5.02. The third-order valence-corrected chi connectivity index (χ3v) is 2.94. The summed E-state index contributed by atoms with van der Waals surface area (Å²) in [4.78, 5) is 19.9. The number of anilines is 1. The van der Waals surface area contributed by atoms with Gasteiger partial charge in [-0.25, -0.2) is 14.8 Å². The molecule has 1 amide bonds. The SMILES string of the molecule is CCOC(=O)NC(=S)Nc1ccnc(-c2ccc(OC)cc2)n1. The normalized spacial score (nSPS) is 9.83. The maximum Gasteiger partial charge on any atom is 0.413 e. The van der Waals surface area contributed by atoms with Crippen LogP contribution in [0.25, 0.3) is 11.4 Å². The van der Waals surface area contributed by atoms with Crippen molar-refractivity contribution in [2.24, 2.45) is 0 Å². The molecule has 0 aliphatic rings. The van der Waals surface area contributed by atoms with Crippen LogP contribution in [0, 0.1) is 0 Å². The molecule has 0 aliphatic carbocycles. The molecule has 120 valence electrons. The summed E-state index contributed by atoms with van der Waals surface area (Å²) in [5.41, 5.74) is 0.832. The highest BCUT2D eigenvalue weighted by Gasteiger charge is 2.07. The van der Waals surface area contributed by atoms with Crippen LogP contribution in [0.4, 0.5) is 10.6 Å². The molecule has 0 spiro atoms. The Bertz CT molecular complexity index is 691. The Morgan fingerprint density at radius 1 is 1.26 bits per heavy atom. The molecular formula is C15H16N4O3S. The van der Waals surface area contributed by atoms with E-state index < -0.39 is 6.09 Å². The van der Waals surface area contributed by atoms with Crippen LogP contribution < -0.4 is 15.4 Å². The van der Waals surface area contributed by atoms with E-state index in [1.165, 1.54) is 0 Å². The first-order valence-corrected chi connectivity index (χ1v) is 7.25. The van der Waals surface area contributed by atoms with Gasteiger partial charge in [0.2, 0.25) is 0 Å². The smallest absolute Gasteiger partial charge is 0.413 e. The molecule has 1 aromatic heterocycles. The molecule has 2 N–H and O–H groups in total. The first kappa shape index (κ1) is 16.6. The molecule has 1 aromatic carbocycles. The highest BCUT2D eigenvalue weighted by Crippen LogP contribution is 2.19. The van der Waals surface area contributed by atoms with E-state index in [1.807, 2.05) is 24.3 Å². The monoisotopic (exact) mass is 332 g/mol. The van der Waals surface area contributed by atoms with Crippen molar-refractivity contribution >= 4 is 29.2 Å². The van der Waals surface area contributed by atoms with Gasteiger partial charge in [-0.15, -0.1) is 0 Å². The number of hydrogen-bond donors (Lipinski definition) is 2. The quantitative estimate of drug-likeness (QED) is 0.832. The van der Waals surface area contributed by atoms with E-state index >= 15 is 0 Å². The molecular weight excluding hydrogens is 316 g/mol. The lowest BCUT2D eigenvalue weighted by molar-refractivity contribution is 0.158. The summed E-state index contributed by atoms with van der Waals surface area (Å²) in [6, 6.07) is 9.00. The Morgan fingerprint density at radius 3 is 2.65 bits per heavy atom. The Balaban J connectivity index is 2.07. The lowest BCUT2D eigenvalue weighted by Crippen LogP contribution is -2.34. The van der Waals surface area contributed by atoms with Gasteiger partial charge in [-0.1, -0.05) is 0 Å². The van der Waals surface area contributed by atoms with Gasteiger partial charge < -0.3 is 14.8 Å². The van der Waals surface area contributed by atoms with E-state index in [2.05, 4.69) is 20.6 Å². The Labute approximate surface area is 139 Å². The van der Waals surface area contributed by atoms with E-state index in [0.717, 1.165) is 11.3 Å². The first-order chi connectivity index (χ1) is 11.1. The maximum atomic E-state index is 11.3.